The summed E-state index contributed by atoms with van der Waals surface area (Å²) in [5.41, 5.74) is 10.2. The Morgan fingerprint density at radius 1 is 1.29 bits per heavy atom. The van der Waals surface area contributed by atoms with Gasteiger partial charge in [0.05, 0.1) is 18.3 Å². The summed E-state index contributed by atoms with van der Waals surface area (Å²) in [7, 11) is 3.62. The predicted molar refractivity (Wildman–Crippen MR) is 134 cm³/mol. The van der Waals surface area contributed by atoms with Crippen molar-refractivity contribution >= 4 is 28.0 Å². The highest BCUT2D eigenvalue weighted by atomic mass is 16.5. The first kappa shape index (κ1) is 22.4. The van der Waals surface area contributed by atoms with E-state index in [1.165, 1.54) is 0 Å². The fourth-order valence-electron chi connectivity index (χ4n) is 5.02. The van der Waals surface area contributed by atoms with E-state index in [-0.39, 0.29) is 11.9 Å². The molecule has 1 saturated heterocycles. The van der Waals surface area contributed by atoms with Crippen LogP contribution in [-0.4, -0.2) is 56.2 Å². The van der Waals surface area contributed by atoms with Crippen molar-refractivity contribution in [3.05, 3.63) is 42.1 Å². The Bertz CT molecular complexity index is 1370. The molecule has 0 saturated carbocycles. The SMILES string of the molecule is COc1cc(C(=O)N2CCC[C@@H](N)C2)cc2nc(-c3cc4cccnc4n3CC(C)C)n(C)c12. The summed E-state index contributed by atoms with van der Waals surface area (Å²) in [5.74, 6) is 1.87. The van der Waals surface area contributed by atoms with E-state index in [4.69, 9.17) is 15.5 Å². The zero-order chi connectivity index (χ0) is 24.0. The Labute approximate surface area is 199 Å². The minimum atomic E-state index is -0.0272. The molecule has 0 bridgehead atoms. The van der Waals surface area contributed by atoms with Crippen molar-refractivity contribution in [2.75, 3.05) is 20.2 Å². The van der Waals surface area contributed by atoms with Gasteiger partial charge >= 0.3 is 0 Å². The molecule has 3 aromatic heterocycles. The van der Waals surface area contributed by atoms with E-state index in [9.17, 15) is 4.79 Å². The monoisotopic (exact) mass is 460 g/mol. The Morgan fingerprint density at radius 3 is 2.85 bits per heavy atom. The molecule has 2 N–H and O–H groups in total. The summed E-state index contributed by atoms with van der Waals surface area (Å²) in [6.45, 7) is 6.52. The number of aromatic nitrogens is 4. The molecule has 34 heavy (non-hydrogen) atoms. The van der Waals surface area contributed by atoms with Gasteiger partial charge < -0.3 is 24.5 Å². The number of benzene rings is 1. The summed E-state index contributed by atoms with van der Waals surface area (Å²) < 4.78 is 10.0. The highest BCUT2D eigenvalue weighted by molar-refractivity contribution is 6.00. The van der Waals surface area contributed by atoms with Crippen LogP contribution < -0.4 is 10.5 Å². The predicted octanol–water partition coefficient (Wildman–Crippen LogP) is 3.82. The molecule has 0 unspecified atom stereocenters. The molecule has 1 aliphatic rings. The molecule has 4 aromatic rings. The maximum absolute atomic E-state index is 13.3. The van der Waals surface area contributed by atoms with Crippen LogP contribution in [0, 0.1) is 5.92 Å². The van der Waals surface area contributed by atoms with E-state index in [1.807, 2.05) is 40.9 Å². The van der Waals surface area contributed by atoms with Crippen LogP contribution in [0.4, 0.5) is 0 Å². The zero-order valence-corrected chi connectivity index (χ0v) is 20.3. The maximum Gasteiger partial charge on any atom is 0.254 e. The van der Waals surface area contributed by atoms with Crippen molar-refractivity contribution < 1.29 is 9.53 Å². The number of pyridine rings is 1. The third-order valence-electron chi connectivity index (χ3n) is 6.58. The number of aryl methyl sites for hydroxylation is 1. The Morgan fingerprint density at radius 2 is 2.12 bits per heavy atom. The molecule has 5 rings (SSSR count). The number of nitrogens with zero attached hydrogens (tertiary/aromatic N) is 5. The van der Waals surface area contributed by atoms with Gasteiger partial charge in [-0.05, 0) is 49.1 Å². The average molecular weight is 461 g/mol. The van der Waals surface area contributed by atoms with Crippen molar-refractivity contribution in [1.82, 2.24) is 24.0 Å². The number of amides is 1. The Kier molecular flexibility index (Phi) is 5.77. The average Bonchev–Trinajstić information content (AvgIpc) is 3.35. The second kappa shape index (κ2) is 8.76. The number of likely N-dealkylation sites (tertiary alicyclic amines) is 1. The number of ether oxygens (including phenoxy) is 1. The molecule has 4 heterocycles. The summed E-state index contributed by atoms with van der Waals surface area (Å²) >= 11 is 0. The minimum Gasteiger partial charge on any atom is -0.494 e. The number of hydrogen-bond acceptors (Lipinski definition) is 5. The largest absolute Gasteiger partial charge is 0.494 e. The summed E-state index contributed by atoms with van der Waals surface area (Å²) in [4.78, 5) is 24.7. The van der Waals surface area contributed by atoms with Crippen molar-refractivity contribution in [3.63, 3.8) is 0 Å². The topological polar surface area (TPSA) is 91.2 Å². The molecule has 0 radical (unpaired) electrons. The lowest BCUT2D eigenvalue weighted by Gasteiger charge is -2.30. The van der Waals surface area contributed by atoms with E-state index < -0.39 is 0 Å². The van der Waals surface area contributed by atoms with E-state index >= 15 is 0 Å². The van der Waals surface area contributed by atoms with Gasteiger partial charge in [-0.25, -0.2) is 9.97 Å². The quantitative estimate of drug-likeness (QED) is 0.489. The van der Waals surface area contributed by atoms with Crippen molar-refractivity contribution in [1.29, 1.82) is 0 Å². The van der Waals surface area contributed by atoms with Gasteiger partial charge in [0.2, 0.25) is 0 Å². The summed E-state index contributed by atoms with van der Waals surface area (Å²) in [6, 6.07) is 9.89. The molecule has 1 amide bonds. The van der Waals surface area contributed by atoms with Crippen LogP contribution in [0.5, 0.6) is 5.75 Å². The number of methoxy groups -OCH3 is 1. The summed E-state index contributed by atoms with van der Waals surface area (Å²) in [6.07, 6.45) is 3.70. The fraction of sp³-hybridized carbons (Fsp3) is 0.423. The molecular weight excluding hydrogens is 428 g/mol. The van der Waals surface area contributed by atoms with Gasteiger partial charge in [0, 0.05) is 49.9 Å². The lowest BCUT2D eigenvalue weighted by molar-refractivity contribution is 0.0708. The van der Waals surface area contributed by atoms with Crippen LogP contribution >= 0.6 is 0 Å². The van der Waals surface area contributed by atoms with Gasteiger partial charge in [-0.3, -0.25) is 4.79 Å². The van der Waals surface area contributed by atoms with Crippen LogP contribution in [0.15, 0.2) is 36.5 Å². The zero-order valence-electron chi connectivity index (χ0n) is 20.3. The second-order valence-electron chi connectivity index (χ2n) is 9.64. The number of hydrogen-bond donors (Lipinski definition) is 1. The number of fused-ring (bicyclic) bond motifs is 2. The normalized spacial score (nSPS) is 16.6. The lowest BCUT2D eigenvalue weighted by Crippen LogP contribution is -2.45. The van der Waals surface area contributed by atoms with Crippen LogP contribution in [0.2, 0.25) is 0 Å². The molecule has 1 fully saturated rings. The van der Waals surface area contributed by atoms with E-state index in [1.54, 1.807) is 7.11 Å². The molecule has 1 aromatic carbocycles. The van der Waals surface area contributed by atoms with Gasteiger partial charge in [0.25, 0.3) is 5.91 Å². The van der Waals surface area contributed by atoms with E-state index in [2.05, 4.69) is 35.5 Å². The molecule has 178 valence electrons. The highest BCUT2D eigenvalue weighted by Crippen LogP contribution is 2.34. The van der Waals surface area contributed by atoms with Crippen LogP contribution in [0.25, 0.3) is 33.6 Å². The second-order valence-corrected chi connectivity index (χ2v) is 9.64. The number of piperidine rings is 1. The smallest absolute Gasteiger partial charge is 0.254 e. The van der Waals surface area contributed by atoms with Gasteiger partial charge in [-0.2, -0.15) is 0 Å². The first-order chi connectivity index (χ1) is 16.4. The van der Waals surface area contributed by atoms with Gasteiger partial charge in [0.1, 0.15) is 16.9 Å². The standard InChI is InChI=1S/C26H32N6O2/c1-16(2)14-32-21(12-17-7-5-9-28-24(17)32)25-29-20-11-18(13-22(34-4)23(20)30(25)3)26(33)31-10-6-8-19(27)15-31/h5,7,9,11-13,16,19H,6,8,10,14-15,27H2,1-4H3/t19-/m1/s1. The first-order valence-corrected chi connectivity index (χ1v) is 11.9. The maximum atomic E-state index is 13.3. The molecule has 8 nitrogen and oxygen atoms in total. The molecule has 8 heteroatoms. The first-order valence-electron chi connectivity index (χ1n) is 11.9. The Hall–Kier alpha value is -3.39. The molecule has 0 spiro atoms. The Balaban J connectivity index is 1.65. The van der Waals surface area contributed by atoms with E-state index in [0.29, 0.717) is 23.8 Å². The van der Waals surface area contributed by atoms with Crippen molar-refractivity contribution in [2.24, 2.45) is 18.7 Å². The number of nitrogens with two attached hydrogens (primary N) is 1. The number of imidazole rings is 1. The van der Waals surface area contributed by atoms with Gasteiger partial charge in [-0.1, -0.05) is 13.8 Å². The van der Waals surface area contributed by atoms with Crippen molar-refractivity contribution in [2.45, 2.75) is 39.3 Å². The third-order valence-corrected chi connectivity index (χ3v) is 6.58. The lowest BCUT2D eigenvalue weighted by atomic mass is 10.0. The highest BCUT2D eigenvalue weighted by Gasteiger charge is 2.25. The van der Waals surface area contributed by atoms with Gasteiger partial charge in [-0.15, -0.1) is 0 Å². The van der Waals surface area contributed by atoms with Crippen LogP contribution in [0.3, 0.4) is 0 Å². The number of carbonyl (C=O) groups is 1. The number of rotatable bonds is 5. The van der Waals surface area contributed by atoms with Crippen LogP contribution in [-0.2, 0) is 13.6 Å². The molecule has 1 aliphatic heterocycles. The fourth-order valence-corrected chi connectivity index (χ4v) is 5.02. The van der Waals surface area contributed by atoms with Crippen molar-refractivity contribution in [3.8, 4) is 17.3 Å². The van der Waals surface area contributed by atoms with E-state index in [0.717, 1.165) is 59.5 Å². The number of carbonyl (C=O) groups excluding carboxylic acids is 1. The van der Waals surface area contributed by atoms with Crippen LogP contribution in [0.1, 0.15) is 37.0 Å². The minimum absolute atomic E-state index is 0.0272. The molecular formula is C26H32N6O2. The summed E-state index contributed by atoms with van der Waals surface area (Å²) in [5, 5.41) is 1.08. The molecule has 1 atom stereocenters. The van der Waals surface area contributed by atoms with Gasteiger partial charge in [0.15, 0.2) is 5.82 Å². The third kappa shape index (κ3) is 3.81. The molecule has 0 aliphatic carbocycles.